The van der Waals surface area contributed by atoms with Gasteiger partial charge in [0.1, 0.15) is 6.04 Å². The molecule has 1 atom stereocenters. The first-order valence-corrected chi connectivity index (χ1v) is 7.90. The summed E-state index contributed by atoms with van der Waals surface area (Å²) in [6.07, 6.45) is 7.47. The lowest BCUT2D eigenvalue weighted by molar-refractivity contribution is -0.138. The minimum absolute atomic E-state index is 0.293. The fourth-order valence-electron chi connectivity index (χ4n) is 2.30. The van der Waals surface area contributed by atoms with Gasteiger partial charge in [-0.05, 0) is 28.8 Å². The van der Waals surface area contributed by atoms with Crippen LogP contribution in [0.4, 0.5) is 0 Å². The Morgan fingerprint density at radius 1 is 1.46 bits per heavy atom. The maximum atomic E-state index is 10.9. The first kappa shape index (κ1) is 19.4. The fraction of sp³-hybridized carbons (Fsp3) is 0.263. The number of aromatic nitrogens is 1. The molecule has 0 aliphatic rings. The van der Waals surface area contributed by atoms with Crippen LogP contribution in [0.15, 0.2) is 48.1 Å². The van der Waals surface area contributed by atoms with E-state index in [2.05, 4.69) is 16.6 Å². The third kappa shape index (κ3) is 4.67. The van der Waals surface area contributed by atoms with Gasteiger partial charge >= 0.3 is 5.97 Å². The van der Waals surface area contributed by atoms with Crippen molar-refractivity contribution in [2.24, 2.45) is 10.7 Å². The van der Waals surface area contributed by atoms with Crippen molar-refractivity contribution >= 4 is 28.7 Å². The number of carboxylic acid groups (broad SMARTS) is 1. The van der Waals surface area contributed by atoms with E-state index < -0.39 is 12.0 Å². The van der Waals surface area contributed by atoms with Crippen molar-refractivity contribution in [3.8, 4) is 0 Å². The second-order valence-electron chi connectivity index (χ2n) is 4.96. The number of rotatable bonds is 6. The van der Waals surface area contributed by atoms with Gasteiger partial charge in [-0.2, -0.15) is 0 Å². The van der Waals surface area contributed by atoms with Gasteiger partial charge in [-0.3, -0.25) is 9.79 Å². The Morgan fingerprint density at radius 2 is 2.17 bits per heavy atom. The van der Waals surface area contributed by atoms with E-state index in [1.165, 1.54) is 0 Å². The van der Waals surface area contributed by atoms with Gasteiger partial charge in [-0.15, -0.1) is 0 Å². The van der Waals surface area contributed by atoms with Crippen LogP contribution in [-0.4, -0.2) is 35.4 Å². The predicted octanol–water partition coefficient (Wildman–Crippen LogP) is 3.42. The SMILES string of the molecule is C=C/C(=C\C=NC)c1ccc2c(CC(N)C(=O)O)c[nH]c2c1.CC. The number of aromatic amines is 1. The number of aliphatic imine (C=N–C) groups is 1. The number of nitrogens with zero attached hydrogens (tertiary/aromatic N) is 1. The van der Waals surface area contributed by atoms with Gasteiger partial charge in [0, 0.05) is 36.8 Å². The smallest absolute Gasteiger partial charge is 0.320 e. The molecule has 0 bridgehead atoms. The molecule has 1 unspecified atom stereocenters. The van der Waals surface area contributed by atoms with Gasteiger partial charge in [0.15, 0.2) is 0 Å². The first-order valence-electron chi connectivity index (χ1n) is 7.90. The molecule has 2 rings (SSSR count). The van der Waals surface area contributed by atoms with Gasteiger partial charge in [0.2, 0.25) is 0 Å². The fourth-order valence-corrected chi connectivity index (χ4v) is 2.30. The quantitative estimate of drug-likeness (QED) is 0.561. The third-order valence-electron chi connectivity index (χ3n) is 3.48. The monoisotopic (exact) mass is 327 g/mol. The maximum absolute atomic E-state index is 10.9. The topological polar surface area (TPSA) is 91.5 Å². The van der Waals surface area contributed by atoms with E-state index in [4.69, 9.17) is 10.8 Å². The highest BCUT2D eigenvalue weighted by molar-refractivity contribution is 5.92. The molecule has 0 saturated carbocycles. The number of nitrogens with two attached hydrogens (primary N) is 1. The lowest BCUT2D eigenvalue weighted by Gasteiger charge is -2.06. The van der Waals surface area contributed by atoms with Gasteiger partial charge in [0.05, 0.1) is 0 Å². The number of allylic oxidation sites excluding steroid dienone is 3. The van der Waals surface area contributed by atoms with Gasteiger partial charge in [-0.1, -0.05) is 38.6 Å². The number of H-pyrrole nitrogens is 1. The summed E-state index contributed by atoms with van der Waals surface area (Å²) in [5.74, 6) is -0.998. The zero-order chi connectivity index (χ0) is 18.1. The molecular formula is C19H25N3O2. The number of carboxylic acids is 1. The molecule has 4 N–H and O–H groups in total. The van der Waals surface area contributed by atoms with Crippen LogP contribution in [0.25, 0.3) is 16.5 Å². The van der Waals surface area contributed by atoms with E-state index in [9.17, 15) is 4.79 Å². The largest absolute Gasteiger partial charge is 0.480 e. The van der Waals surface area contributed by atoms with Gasteiger partial charge in [-0.25, -0.2) is 0 Å². The number of fused-ring (bicyclic) bond motifs is 1. The maximum Gasteiger partial charge on any atom is 0.320 e. The minimum atomic E-state index is -0.998. The van der Waals surface area contributed by atoms with Crippen molar-refractivity contribution in [2.45, 2.75) is 26.3 Å². The van der Waals surface area contributed by atoms with Gasteiger partial charge < -0.3 is 15.8 Å². The zero-order valence-electron chi connectivity index (χ0n) is 14.4. The number of carbonyl (C=O) groups is 1. The Hall–Kier alpha value is -2.66. The number of hydrogen-bond donors (Lipinski definition) is 3. The van der Waals surface area contributed by atoms with Crippen molar-refractivity contribution < 1.29 is 9.90 Å². The molecule has 0 saturated heterocycles. The van der Waals surface area contributed by atoms with Crippen molar-refractivity contribution in [2.75, 3.05) is 7.05 Å². The summed E-state index contributed by atoms with van der Waals surface area (Å²) in [7, 11) is 1.71. The van der Waals surface area contributed by atoms with Crippen LogP contribution in [0, 0.1) is 0 Å². The molecule has 5 nitrogen and oxygen atoms in total. The summed E-state index contributed by atoms with van der Waals surface area (Å²) in [6.45, 7) is 7.81. The molecule has 0 spiro atoms. The molecule has 0 radical (unpaired) electrons. The summed E-state index contributed by atoms with van der Waals surface area (Å²) >= 11 is 0. The highest BCUT2D eigenvalue weighted by atomic mass is 16.4. The summed E-state index contributed by atoms with van der Waals surface area (Å²) in [4.78, 5) is 18.0. The highest BCUT2D eigenvalue weighted by Crippen LogP contribution is 2.24. The molecule has 5 heteroatoms. The zero-order valence-corrected chi connectivity index (χ0v) is 14.4. The van der Waals surface area contributed by atoms with Crippen molar-refractivity contribution in [3.05, 3.63) is 54.3 Å². The lowest BCUT2D eigenvalue weighted by Crippen LogP contribution is -2.32. The molecule has 2 aromatic rings. The molecule has 0 aliphatic carbocycles. The van der Waals surface area contributed by atoms with Crippen LogP contribution < -0.4 is 5.73 Å². The van der Waals surface area contributed by atoms with Crippen molar-refractivity contribution in [1.29, 1.82) is 0 Å². The van der Waals surface area contributed by atoms with Crippen LogP contribution in [0.5, 0.6) is 0 Å². The third-order valence-corrected chi connectivity index (χ3v) is 3.48. The summed E-state index contributed by atoms with van der Waals surface area (Å²) in [5, 5.41) is 9.90. The van der Waals surface area contributed by atoms with Crippen molar-refractivity contribution in [3.63, 3.8) is 0 Å². The molecule has 1 aromatic heterocycles. The molecule has 0 amide bonds. The molecule has 0 aliphatic heterocycles. The van der Waals surface area contributed by atoms with E-state index in [0.717, 1.165) is 27.6 Å². The van der Waals surface area contributed by atoms with Crippen LogP contribution >= 0.6 is 0 Å². The Morgan fingerprint density at radius 3 is 2.75 bits per heavy atom. The van der Waals surface area contributed by atoms with E-state index in [-0.39, 0.29) is 0 Å². The van der Waals surface area contributed by atoms with Crippen LogP contribution in [0.3, 0.4) is 0 Å². The Labute approximate surface area is 142 Å². The highest BCUT2D eigenvalue weighted by Gasteiger charge is 2.15. The number of aliphatic carboxylic acids is 1. The van der Waals surface area contributed by atoms with E-state index in [1.807, 2.05) is 44.3 Å². The average molecular weight is 327 g/mol. The Bertz CT molecular complexity index is 757. The summed E-state index contributed by atoms with van der Waals surface area (Å²) < 4.78 is 0. The molecule has 1 aromatic carbocycles. The van der Waals surface area contributed by atoms with E-state index in [1.54, 1.807) is 19.3 Å². The van der Waals surface area contributed by atoms with E-state index >= 15 is 0 Å². The number of benzene rings is 1. The van der Waals surface area contributed by atoms with E-state index in [0.29, 0.717) is 6.42 Å². The minimum Gasteiger partial charge on any atom is -0.480 e. The number of hydrogen-bond acceptors (Lipinski definition) is 3. The average Bonchev–Trinajstić information content (AvgIpc) is 2.99. The standard InChI is InChI=1S/C17H19N3O2.C2H6/c1-3-11(6-7-19-2)12-4-5-14-13(8-15(18)17(21)22)10-20-16(14)9-12;1-2/h3-7,9-10,15,20H,1,8,18H2,2H3,(H,21,22);1-2H3/b11-6+,19-7?;. The lowest BCUT2D eigenvalue weighted by atomic mass is 10.0. The molecular weight excluding hydrogens is 302 g/mol. The molecule has 0 fully saturated rings. The number of nitrogens with one attached hydrogen (secondary N) is 1. The predicted molar refractivity (Wildman–Crippen MR) is 102 cm³/mol. The van der Waals surface area contributed by atoms with Crippen molar-refractivity contribution in [1.82, 2.24) is 4.98 Å². The molecule has 128 valence electrons. The van der Waals surface area contributed by atoms with Crippen LogP contribution in [0.2, 0.25) is 0 Å². The second kappa shape index (κ2) is 9.47. The Balaban J connectivity index is 0.00000139. The Kier molecular flexibility index (Phi) is 7.65. The molecule has 1 heterocycles. The summed E-state index contributed by atoms with van der Waals surface area (Å²) in [6, 6.07) is 5.04. The normalized spacial score (nSPS) is 12.8. The van der Waals surface area contributed by atoms with Gasteiger partial charge in [0.25, 0.3) is 0 Å². The summed E-state index contributed by atoms with van der Waals surface area (Å²) in [5.41, 5.74) is 9.41. The van der Waals surface area contributed by atoms with Crippen LogP contribution in [-0.2, 0) is 11.2 Å². The molecule has 24 heavy (non-hydrogen) atoms. The second-order valence-corrected chi connectivity index (χ2v) is 4.96. The first-order chi connectivity index (χ1) is 11.6. The van der Waals surface area contributed by atoms with Crippen LogP contribution in [0.1, 0.15) is 25.0 Å².